The van der Waals surface area contributed by atoms with Crippen molar-refractivity contribution in [2.45, 2.75) is 69.4 Å². The molecule has 0 amide bonds. The number of esters is 2. The summed E-state index contributed by atoms with van der Waals surface area (Å²) in [6, 6.07) is 16.1. The van der Waals surface area contributed by atoms with E-state index in [0.717, 1.165) is 42.5 Å². The monoisotopic (exact) mass is 649 g/mol. The average molecular weight is 651 g/mol. The highest BCUT2D eigenvalue weighted by Gasteiger charge is 2.54. The number of halogens is 1. The quantitative estimate of drug-likeness (QED) is 0.254. The lowest BCUT2D eigenvalue weighted by Gasteiger charge is -2.47. The Morgan fingerprint density at radius 1 is 1.02 bits per heavy atom. The van der Waals surface area contributed by atoms with Gasteiger partial charge >= 0.3 is 11.9 Å². The van der Waals surface area contributed by atoms with Crippen molar-refractivity contribution in [3.05, 3.63) is 74.6 Å². The Labute approximate surface area is 254 Å². The molecule has 0 spiro atoms. The van der Waals surface area contributed by atoms with Gasteiger partial charge in [0.2, 0.25) is 5.60 Å². The van der Waals surface area contributed by atoms with Crippen LogP contribution in [0, 0.1) is 0 Å². The summed E-state index contributed by atoms with van der Waals surface area (Å²) in [5.41, 5.74) is -0.590. The van der Waals surface area contributed by atoms with E-state index in [1.807, 2.05) is 35.0 Å². The summed E-state index contributed by atoms with van der Waals surface area (Å²) in [4.78, 5) is 26.3. The van der Waals surface area contributed by atoms with Crippen LogP contribution < -0.4 is 21.7 Å². The van der Waals surface area contributed by atoms with Gasteiger partial charge in [0.25, 0.3) is 0 Å². The second kappa shape index (κ2) is 13.2. The van der Waals surface area contributed by atoms with Gasteiger partial charge in [-0.15, -0.1) is 22.7 Å². The number of aliphatic hydroxyl groups is 1. The molecule has 2 fully saturated rings. The molecule has 4 heterocycles. The molecule has 3 aromatic rings. The van der Waals surface area contributed by atoms with Crippen LogP contribution in [0.3, 0.4) is 0 Å². The normalized spacial score (nSPS) is 23.7. The summed E-state index contributed by atoms with van der Waals surface area (Å²) >= 11 is 2.72. The van der Waals surface area contributed by atoms with E-state index in [0.29, 0.717) is 28.4 Å². The maximum Gasteiger partial charge on any atom is 0.349 e. The van der Waals surface area contributed by atoms with Crippen molar-refractivity contribution in [3.63, 3.8) is 0 Å². The predicted octanol–water partition coefficient (Wildman–Crippen LogP) is 2.26. The van der Waals surface area contributed by atoms with Crippen molar-refractivity contribution in [1.29, 1.82) is 0 Å². The molecule has 0 aliphatic carbocycles. The summed E-state index contributed by atoms with van der Waals surface area (Å²) < 4.78 is 17.8. The minimum Gasteiger partial charge on any atom is -1.00 e. The number of ether oxygens (including phenoxy) is 3. The number of quaternary nitrogens is 1. The molecule has 1 N–H and O–H groups in total. The molecule has 0 saturated carbocycles. The standard InChI is InChI=1S/C30H36NO6S2.BrH/c1-3-35-28(32)13-14-36-24-8-4-7-21(17-24)20-31(2)22-11-12-23(31)19-25(18-22)37-29(33)30(34,26-9-5-15-38-26)27-10-6-16-39-27;/h4-10,15-17,22-23,25,34H,3,11-14,18-20H2,1-2H3;1H/q+1;/p-1/t22-,23+,25-,31?;. The third-order valence-corrected chi connectivity index (χ3v) is 10.2. The Kier molecular flexibility index (Phi) is 10.1. The molecule has 1 aromatic carbocycles. The van der Waals surface area contributed by atoms with Crippen molar-refractivity contribution < 1.29 is 50.4 Å². The Bertz CT molecular complexity index is 1220. The second-order valence-corrected chi connectivity index (χ2v) is 12.5. The third kappa shape index (κ3) is 6.31. The van der Waals surface area contributed by atoms with Crippen LogP contribution in [-0.4, -0.2) is 60.0 Å². The molecule has 4 atom stereocenters. The van der Waals surface area contributed by atoms with Crippen LogP contribution >= 0.6 is 22.7 Å². The number of nitrogens with zero attached hydrogens (tertiary/aromatic N) is 1. The number of thiophene rings is 2. The molecule has 1 unspecified atom stereocenters. The van der Waals surface area contributed by atoms with Gasteiger partial charge in [0.1, 0.15) is 18.4 Å². The third-order valence-electron chi connectivity index (χ3n) is 8.20. The molecule has 40 heavy (non-hydrogen) atoms. The summed E-state index contributed by atoms with van der Waals surface area (Å²) in [6.45, 7) is 3.31. The molecule has 0 radical (unpaired) electrons. The number of carbonyl (C=O) groups excluding carboxylic acids is 2. The Balaban J connectivity index is 0.00000370. The van der Waals surface area contributed by atoms with Crippen LogP contribution in [0.15, 0.2) is 59.3 Å². The molecule has 2 aromatic heterocycles. The highest BCUT2D eigenvalue weighted by Crippen LogP contribution is 2.45. The highest BCUT2D eigenvalue weighted by molar-refractivity contribution is 7.12. The number of benzene rings is 1. The van der Waals surface area contributed by atoms with Crippen LogP contribution in [-0.2, 0) is 31.2 Å². The molecular weight excluding hydrogens is 614 g/mol. The fourth-order valence-corrected chi connectivity index (χ4v) is 7.90. The smallest absolute Gasteiger partial charge is 0.349 e. The number of hydrogen-bond donors (Lipinski definition) is 1. The van der Waals surface area contributed by atoms with Crippen molar-refractivity contribution in [1.82, 2.24) is 0 Å². The molecule has 2 aliphatic heterocycles. The molecule has 216 valence electrons. The van der Waals surface area contributed by atoms with Gasteiger partial charge in [0, 0.05) is 31.2 Å². The highest BCUT2D eigenvalue weighted by atomic mass is 79.9. The Morgan fingerprint density at radius 2 is 1.68 bits per heavy atom. The van der Waals surface area contributed by atoms with E-state index in [2.05, 4.69) is 19.2 Å². The first-order chi connectivity index (χ1) is 18.8. The van der Waals surface area contributed by atoms with Crippen LogP contribution in [0.2, 0.25) is 0 Å². The molecule has 2 bridgehead atoms. The molecular formula is C30H36BrNO6S2. The molecule has 2 aliphatic rings. The largest absolute Gasteiger partial charge is 1.00 e. The summed E-state index contributed by atoms with van der Waals surface area (Å²) in [5, 5.41) is 15.4. The van der Waals surface area contributed by atoms with E-state index in [1.165, 1.54) is 28.2 Å². The van der Waals surface area contributed by atoms with Gasteiger partial charge in [-0.2, -0.15) is 0 Å². The van der Waals surface area contributed by atoms with E-state index in [9.17, 15) is 14.7 Å². The Hall–Kier alpha value is -2.24. The van der Waals surface area contributed by atoms with E-state index < -0.39 is 11.6 Å². The topological polar surface area (TPSA) is 82.1 Å². The van der Waals surface area contributed by atoms with Gasteiger partial charge in [-0.3, -0.25) is 4.79 Å². The SMILES string of the molecule is CCOC(=O)CCOc1cccc(C[N+]2(C)[C@@H]3CC[C@H]2C[C@H](OC(=O)C(O)(c2cccs2)c2cccs2)C3)c1.[Br-]. The van der Waals surface area contributed by atoms with Crippen molar-refractivity contribution in [3.8, 4) is 5.75 Å². The van der Waals surface area contributed by atoms with Gasteiger partial charge in [-0.25, -0.2) is 4.79 Å². The zero-order valence-electron chi connectivity index (χ0n) is 22.8. The summed E-state index contributed by atoms with van der Waals surface area (Å²) in [7, 11) is 2.31. The maximum atomic E-state index is 13.5. The first-order valence-electron chi connectivity index (χ1n) is 13.6. The van der Waals surface area contributed by atoms with E-state index >= 15 is 0 Å². The predicted molar refractivity (Wildman–Crippen MR) is 151 cm³/mol. The minimum atomic E-state index is -1.77. The number of hydrogen-bond acceptors (Lipinski definition) is 8. The number of piperidine rings is 1. The van der Waals surface area contributed by atoms with Crippen molar-refractivity contribution in [2.24, 2.45) is 0 Å². The van der Waals surface area contributed by atoms with E-state index in [1.54, 1.807) is 19.1 Å². The first kappa shape index (κ1) is 30.7. The second-order valence-electron chi connectivity index (χ2n) is 10.6. The number of fused-ring (bicyclic) bond motifs is 2. The summed E-state index contributed by atoms with van der Waals surface area (Å²) in [5.74, 6) is -0.0855. The van der Waals surface area contributed by atoms with E-state index in [-0.39, 0.29) is 42.1 Å². The van der Waals surface area contributed by atoms with Gasteiger partial charge in [0.15, 0.2) is 0 Å². The zero-order chi connectivity index (χ0) is 27.5. The van der Waals surface area contributed by atoms with Crippen LogP contribution in [0.5, 0.6) is 5.75 Å². The van der Waals surface area contributed by atoms with Gasteiger partial charge in [0.05, 0.1) is 48.5 Å². The molecule has 7 nitrogen and oxygen atoms in total. The summed E-state index contributed by atoms with van der Waals surface area (Å²) in [6.07, 6.45) is 3.74. The van der Waals surface area contributed by atoms with Crippen LogP contribution in [0.1, 0.15) is 54.3 Å². The number of carbonyl (C=O) groups is 2. The van der Waals surface area contributed by atoms with Crippen LogP contribution in [0.4, 0.5) is 0 Å². The van der Waals surface area contributed by atoms with Gasteiger partial charge in [-0.05, 0) is 41.9 Å². The van der Waals surface area contributed by atoms with Gasteiger partial charge in [-0.1, -0.05) is 24.3 Å². The minimum absolute atomic E-state index is 0. The van der Waals surface area contributed by atoms with E-state index in [4.69, 9.17) is 14.2 Å². The maximum absolute atomic E-state index is 13.5. The number of rotatable bonds is 11. The fourth-order valence-electron chi connectivity index (χ4n) is 6.19. The van der Waals surface area contributed by atoms with Crippen molar-refractivity contribution >= 4 is 34.6 Å². The lowest BCUT2D eigenvalue weighted by Crippen LogP contribution is -3.00. The Morgan fingerprint density at radius 3 is 2.25 bits per heavy atom. The zero-order valence-corrected chi connectivity index (χ0v) is 26.0. The van der Waals surface area contributed by atoms with Crippen LogP contribution in [0.25, 0.3) is 0 Å². The van der Waals surface area contributed by atoms with Crippen molar-refractivity contribution in [2.75, 3.05) is 20.3 Å². The first-order valence-corrected chi connectivity index (χ1v) is 15.3. The average Bonchev–Trinajstić information content (AvgIpc) is 3.66. The lowest BCUT2D eigenvalue weighted by molar-refractivity contribution is -0.961. The lowest BCUT2D eigenvalue weighted by atomic mass is 9.94. The molecule has 2 saturated heterocycles. The molecule has 5 rings (SSSR count). The molecule has 10 heteroatoms. The fraction of sp³-hybridized carbons (Fsp3) is 0.467. The van der Waals surface area contributed by atoms with Gasteiger partial charge < -0.3 is 40.8 Å².